The summed E-state index contributed by atoms with van der Waals surface area (Å²) in [4.78, 5) is 29.6. The molecule has 1 amide bonds. The second-order valence-electron chi connectivity index (χ2n) is 7.13. The number of hydrogen-bond acceptors (Lipinski definition) is 6. The Morgan fingerprint density at radius 2 is 1.77 bits per heavy atom. The summed E-state index contributed by atoms with van der Waals surface area (Å²) in [5, 5.41) is 10.9. The molecule has 1 atom stereocenters. The van der Waals surface area contributed by atoms with Gasteiger partial charge in [0, 0.05) is 16.4 Å². The molecule has 0 unspecified atom stereocenters. The topological polar surface area (TPSA) is 98.1 Å². The highest BCUT2D eigenvalue weighted by Gasteiger charge is 2.35. The van der Waals surface area contributed by atoms with Gasteiger partial charge in [0.1, 0.15) is 6.04 Å². The number of methoxy groups -OCH3 is 1. The van der Waals surface area contributed by atoms with Crippen LogP contribution in [0.1, 0.15) is 34.7 Å². The zero-order chi connectivity index (χ0) is 22.1. The number of hydrogen-bond donors (Lipinski definition) is 2. The minimum Gasteiger partial charge on any atom is -0.463 e. The van der Waals surface area contributed by atoms with Crippen LogP contribution in [0.25, 0.3) is 0 Å². The number of carbonyl (C=O) groups is 2. The number of anilines is 2. The van der Waals surface area contributed by atoms with E-state index >= 15 is 0 Å². The first-order valence-corrected chi connectivity index (χ1v) is 9.91. The Balaban J connectivity index is 1.78. The average molecular weight is 438 g/mol. The highest BCUT2D eigenvalue weighted by atomic mass is 35.5. The number of nitrogens with zero attached hydrogens (tertiary/aromatic N) is 3. The Bertz CT molecular complexity index is 1180. The SMILES string of the molecule is COC(=O)c1nc2n(n1)[C@H](c1ccc(C)cc1)C(C(=O)Nc1ccc(Cl)cc1)=C(C)N2. The maximum atomic E-state index is 13.3. The first-order chi connectivity index (χ1) is 14.9. The van der Waals surface area contributed by atoms with E-state index in [9.17, 15) is 9.59 Å². The lowest BCUT2D eigenvalue weighted by Crippen LogP contribution is -2.31. The minimum absolute atomic E-state index is 0.0886. The summed E-state index contributed by atoms with van der Waals surface area (Å²) in [5.74, 6) is -0.698. The van der Waals surface area contributed by atoms with Gasteiger partial charge in [-0.05, 0) is 43.7 Å². The lowest BCUT2D eigenvalue weighted by atomic mass is 9.94. The number of ether oxygens (including phenoxy) is 1. The van der Waals surface area contributed by atoms with Crippen LogP contribution in [0.2, 0.25) is 5.02 Å². The van der Waals surface area contributed by atoms with Gasteiger partial charge in [0.05, 0.1) is 12.7 Å². The molecule has 4 rings (SSSR count). The van der Waals surface area contributed by atoms with Crippen molar-refractivity contribution in [1.29, 1.82) is 0 Å². The zero-order valence-electron chi connectivity index (χ0n) is 17.1. The van der Waals surface area contributed by atoms with Gasteiger partial charge in [-0.2, -0.15) is 4.98 Å². The highest BCUT2D eigenvalue weighted by Crippen LogP contribution is 2.35. The fraction of sp³-hybridized carbons (Fsp3) is 0.182. The van der Waals surface area contributed by atoms with E-state index in [1.54, 1.807) is 31.2 Å². The van der Waals surface area contributed by atoms with Crippen molar-refractivity contribution < 1.29 is 14.3 Å². The van der Waals surface area contributed by atoms with Gasteiger partial charge in [-0.3, -0.25) is 4.79 Å². The molecule has 2 heterocycles. The molecule has 31 heavy (non-hydrogen) atoms. The van der Waals surface area contributed by atoms with E-state index in [2.05, 4.69) is 20.7 Å². The third kappa shape index (κ3) is 4.02. The summed E-state index contributed by atoms with van der Waals surface area (Å²) in [6.45, 7) is 3.77. The van der Waals surface area contributed by atoms with Gasteiger partial charge in [0.2, 0.25) is 5.95 Å². The van der Waals surface area contributed by atoms with E-state index in [1.165, 1.54) is 11.8 Å². The summed E-state index contributed by atoms with van der Waals surface area (Å²) < 4.78 is 6.28. The Kier molecular flexibility index (Phi) is 5.48. The molecule has 9 heteroatoms. The van der Waals surface area contributed by atoms with Crippen LogP contribution < -0.4 is 10.6 Å². The molecule has 0 radical (unpaired) electrons. The smallest absolute Gasteiger partial charge is 0.378 e. The number of fused-ring (bicyclic) bond motifs is 1. The highest BCUT2D eigenvalue weighted by molar-refractivity contribution is 6.30. The molecule has 8 nitrogen and oxygen atoms in total. The molecular formula is C22H20ClN5O3. The van der Waals surface area contributed by atoms with Crippen molar-refractivity contribution in [2.24, 2.45) is 0 Å². The third-order valence-electron chi connectivity index (χ3n) is 4.96. The molecule has 1 aliphatic heterocycles. The first-order valence-electron chi connectivity index (χ1n) is 9.53. The maximum Gasteiger partial charge on any atom is 0.378 e. The molecule has 0 fully saturated rings. The van der Waals surface area contributed by atoms with Crippen LogP contribution in [0.15, 0.2) is 59.8 Å². The summed E-state index contributed by atoms with van der Waals surface area (Å²) in [6.07, 6.45) is 0. The van der Waals surface area contributed by atoms with Gasteiger partial charge in [0.25, 0.3) is 11.7 Å². The molecule has 2 aromatic carbocycles. The second-order valence-corrected chi connectivity index (χ2v) is 7.57. The molecule has 0 spiro atoms. The lowest BCUT2D eigenvalue weighted by molar-refractivity contribution is -0.113. The average Bonchev–Trinajstić information content (AvgIpc) is 3.18. The van der Waals surface area contributed by atoms with Gasteiger partial charge in [0.15, 0.2) is 0 Å². The van der Waals surface area contributed by atoms with E-state index < -0.39 is 12.0 Å². The number of aryl methyl sites for hydroxylation is 1. The van der Waals surface area contributed by atoms with Crippen LogP contribution in [-0.4, -0.2) is 33.8 Å². The summed E-state index contributed by atoms with van der Waals surface area (Å²) >= 11 is 5.94. The van der Waals surface area contributed by atoms with Crippen molar-refractivity contribution >= 4 is 35.1 Å². The normalized spacial score (nSPS) is 15.2. The van der Waals surface area contributed by atoms with Crippen LogP contribution in [0, 0.1) is 6.92 Å². The van der Waals surface area contributed by atoms with Gasteiger partial charge < -0.3 is 15.4 Å². The molecule has 1 aliphatic rings. The fourth-order valence-electron chi connectivity index (χ4n) is 3.41. The number of rotatable bonds is 4. The zero-order valence-corrected chi connectivity index (χ0v) is 17.9. The van der Waals surface area contributed by atoms with Crippen molar-refractivity contribution in [3.05, 3.63) is 81.8 Å². The van der Waals surface area contributed by atoms with Crippen LogP contribution in [0.5, 0.6) is 0 Å². The summed E-state index contributed by atoms with van der Waals surface area (Å²) in [5.41, 5.74) is 3.58. The molecule has 0 saturated carbocycles. The molecule has 1 aromatic heterocycles. The summed E-state index contributed by atoms with van der Waals surface area (Å²) in [7, 11) is 1.27. The Morgan fingerprint density at radius 3 is 2.42 bits per heavy atom. The van der Waals surface area contributed by atoms with E-state index in [1.807, 2.05) is 31.2 Å². The van der Waals surface area contributed by atoms with E-state index in [0.717, 1.165) is 11.1 Å². The Hall–Kier alpha value is -3.65. The number of allylic oxidation sites excluding steroid dienone is 1. The van der Waals surface area contributed by atoms with E-state index in [-0.39, 0.29) is 11.7 Å². The largest absolute Gasteiger partial charge is 0.463 e. The van der Waals surface area contributed by atoms with Gasteiger partial charge in [-0.15, -0.1) is 5.10 Å². The number of nitrogens with one attached hydrogen (secondary N) is 2. The molecule has 0 aliphatic carbocycles. The Labute approximate surface area is 183 Å². The van der Waals surface area contributed by atoms with Crippen LogP contribution in [0.3, 0.4) is 0 Å². The monoisotopic (exact) mass is 437 g/mol. The van der Waals surface area contributed by atoms with Crippen LogP contribution in [0.4, 0.5) is 11.6 Å². The number of benzene rings is 2. The third-order valence-corrected chi connectivity index (χ3v) is 5.21. The molecule has 2 N–H and O–H groups in total. The number of aromatic nitrogens is 3. The van der Waals surface area contributed by atoms with Crippen molar-refractivity contribution in [3.8, 4) is 0 Å². The number of esters is 1. The van der Waals surface area contributed by atoms with Crippen molar-refractivity contribution in [2.45, 2.75) is 19.9 Å². The number of amides is 1. The predicted molar refractivity (Wildman–Crippen MR) is 117 cm³/mol. The van der Waals surface area contributed by atoms with Crippen LogP contribution >= 0.6 is 11.6 Å². The molecule has 0 bridgehead atoms. The first kappa shape index (κ1) is 20.6. The molecular weight excluding hydrogens is 418 g/mol. The van der Waals surface area contributed by atoms with Crippen molar-refractivity contribution in [3.63, 3.8) is 0 Å². The van der Waals surface area contributed by atoms with Crippen molar-refractivity contribution in [2.75, 3.05) is 17.7 Å². The van der Waals surface area contributed by atoms with E-state index in [4.69, 9.17) is 16.3 Å². The number of carbonyl (C=O) groups excluding carboxylic acids is 2. The predicted octanol–water partition coefficient (Wildman–Crippen LogP) is 3.95. The molecule has 158 valence electrons. The molecule has 3 aromatic rings. The fourth-order valence-corrected chi connectivity index (χ4v) is 3.54. The van der Waals surface area contributed by atoms with Gasteiger partial charge in [-0.1, -0.05) is 41.4 Å². The lowest BCUT2D eigenvalue weighted by Gasteiger charge is -2.28. The maximum absolute atomic E-state index is 13.3. The minimum atomic E-state index is -0.656. The number of halogens is 1. The van der Waals surface area contributed by atoms with Gasteiger partial charge in [-0.25, -0.2) is 9.48 Å². The Morgan fingerprint density at radius 1 is 1.10 bits per heavy atom. The quantitative estimate of drug-likeness (QED) is 0.599. The van der Waals surface area contributed by atoms with E-state index in [0.29, 0.717) is 27.9 Å². The van der Waals surface area contributed by atoms with Gasteiger partial charge >= 0.3 is 5.97 Å². The van der Waals surface area contributed by atoms with Crippen molar-refractivity contribution in [1.82, 2.24) is 14.8 Å². The van der Waals surface area contributed by atoms with Crippen LogP contribution in [-0.2, 0) is 9.53 Å². The second kappa shape index (κ2) is 8.23. The summed E-state index contributed by atoms with van der Waals surface area (Å²) in [6, 6.07) is 14.0. The standard InChI is InChI=1S/C22H20ClN5O3/c1-12-4-6-14(7-5-12)18-17(20(29)25-16-10-8-15(23)9-11-16)13(2)24-22-26-19(21(30)31-3)27-28(18)22/h4-11,18H,1-3H3,(H,25,29)(H,24,26,27)/t18-/m1/s1. The molecule has 0 saturated heterocycles.